The van der Waals surface area contributed by atoms with Crippen molar-refractivity contribution in [1.82, 2.24) is 5.32 Å². The van der Waals surface area contributed by atoms with Gasteiger partial charge in [-0.3, -0.25) is 4.79 Å². The van der Waals surface area contributed by atoms with E-state index in [-0.39, 0.29) is 12.5 Å². The average Bonchev–Trinajstić information content (AvgIpc) is 2.75. The van der Waals surface area contributed by atoms with Crippen molar-refractivity contribution in [3.63, 3.8) is 0 Å². The van der Waals surface area contributed by atoms with Gasteiger partial charge in [-0.25, -0.2) is 0 Å². The van der Waals surface area contributed by atoms with Crippen LogP contribution in [0.2, 0.25) is 0 Å². The Morgan fingerprint density at radius 1 is 1.45 bits per heavy atom. The molecule has 1 amide bonds. The molecule has 0 bridgehead atoms. The standard InChI is InChI=1S/C16H22N2O2/c1-16(2)7-3-4-14(16)17-9-11-5-6-13-12(8-11)18-15(19)10-20-13/h5-6,8,14,17H,3-4,7,9-10H2,1-2H3,(H,18,19). The van der Waals surface area contributed by atoms with E-state index in [1.807, 2.05) is 12.1 Å². The highest BCUT2D eigenvalue weighted by molar-refractivity contribution is 5.95. The van der Waals surface area contributed by atoms with Gasteiger partial charge in [0.25, 0.3) is 5.91 Å². The molecule has 4 heteroatoms. The van der Waals surface area contributed by atoms with Crippen molar-refractivity contribution in [2.24, 2.45) is 5.41 Å². The van der Waals surface area contributed by atoms with E-state index in [0.717, 1.165) is 18.0 Å². The van der Waals surface area contributed by atoms with Crippen molar-refractivity contribution >= 4 is 11.6 Å². The van der Waals surface area contributed by atoms with Gasteiger partial charge < -0.3 is 15.4 Å². The predicted molar refractivity (Wildman–Crippen MR) is 78.8 cm³/mol. The first-order chi connectivity index (χ1) is 9.54. The molecule has 2 N–H and O–H groups in total. The van der Waals surface area contributed by atoms with Crippen LogP contribution in [0.25, 0.3) is 0 Å². The smallest absolute Gasteiger partial charge is 0.262 e. The van der Waals surface area contributed by atoms with Crippen LogP contribution >= 0.6 is 0 Å². The van der Waals surface area contributed by atoms with E-state index in [9.17, 15) is 4.79 Å². The monoisotopic (exact) mass is 274 g/mol. The van der Waals surface area contributed by atoms with Crippen LogP contribution in [-0.2, 0) is 11.3 Å². The Hall–Kier alpha value is -1.55. The minimum absolute atomic E-state index is 0.0838. The first-order valence-corrected chi connectivity index (χ1v) is 7.33. The molecule has 0 radical (unpaired) electrons. The minimum Gasteiger partial charge on any atom is -0.482 e. The summed E-state index contributed by atoms with van der Waals surface area (Å²) in [6.45, 7) is 5.61. The molecule has 2 aliphatic rings. The molecule has 1 heterocycles. The fourth-order valence-corrected chi connectivity index (χ4v) is 3.19. The van der Waals surface area contributed by atoms with E-state index in [4.69, 9.17) is 4.74 Å². The summed E-state index contributed by atoms with van der Waals surface area (Å²) in [5, 5.41) is 6.51. The van der Waals surface area contributed by atoms with Crippen LogP contribution in [0.3, 0.4) is 0 Å². The average molecular weight is 274 g/mol. The number of rotatable bonds is 3. The summed E-state index contributed by atoms with van der Waals surface area (Å²) in [5.74, 6) is 0.675. The Morgan fingerprint density at radius 2 is 2.30 bits per heavy atom. The molecule has 20 heavy (non-hydrogen) atoms. The van der Waals surface area contributed by atoms with Gasteiger partial charge in [0.05, 0.1) is 5.69 Å². The molecular formula is C16H22N2O2. The lowest BCUT2D eigenvalue weighted by Gasteiger charge is -2.28. The summed E-state index contributed by atoms with van der Waals surface area (Å²) in [7, 11) is 0. The second-order valence-electron chi connectivity index (χ2n) is 6.48. The van der Waals surface area contributed by atoms with Crippen molar-refractivity contribution in [3.05, 3.63) is 23.8 Å². The number of carbonyl (C=O) groups is 1. The molecule has 1 fully saturated rings. The van der Waals surface area contributed by atoms with Gasteiger partial charge in [0.1, 0.15) is 5.75 Å². The molecule has 1 aliphatic carbocycles. The van der Waals surface area contributed by atoms with E-state index in [1.165, 1.54) is 24.8 Å². The SMILES string of the molecule is CC1(C)CCCC1NCc1ccc2c(c1)NC(=O)CO2. The van der Waals surface area contributed by atoms with Crippen LogP contribution in [0.4, 0.5) is 5.69 Å². The zero-order chi connectivity index (χ0) is 14.2. The number of hydrogen-bond acceptors (Lipinski definition) is 3. The van der Waals surface area contributed by atoms with Crippen molar-refractivity contribution in [2.75, 3.05) is 11.9 Å². The number of carbonyl (C=O) groups excluding carboxylic acids is 1. The summed E-state index contributed by atoms with van der Waals surface area (Å²) in [4.78, 5) is 11.3. The largest absolute Gasteiger partial charge is 0.482 e. The van der Waals surface area contributed by atoms with Crippen LogP contribution in [-0.4, -0.2) is 18.6 Å². The third kappa shape index (κ3) is 2.66. The Balaban J connectivity index is 1.66. The highest BCUT2D eigenvalue weighted by Crippen LogP contribution is 2.37. The number of anilines is 1. The van der Waals surface area contributed by atoms with Gasteiger partial charge >= 0.3 is 0 Å². The fourth-order valence-electron chi connectivity index (χ4n) is 3.19. The zero-order valence-corrected chi connectivity index (χ0v) is 12.2. The van der Waals surface area contributed by atoms with Gasteiger partial charge in [-0.05, 0) is 36.0 Å². The van der Waals surface area contributed by atoms with E-state index < -0.39 is 0 Å². The van der Waals surface area contributed by atoms with Crippen LogP contribution in [0.5, 0.6) is 5.75 Å². The second-order valence-corrected chi connectivity index (χ2v) is 6.48. The molecule has 4 nitrogen and oxygen atoms in total. The van der Waals surface area contributed by atoms with Crippen LogP contribution in [0.1, 0.15) is 38.7 Å². The van der Waals surface area contributed by atoms with E-state index in [2.05, 4.69) is 30.5 Å². The molecule has 0 spiro atoms. The lowest BCUT2D eigenvalue weighted by atomic mass is 9.87. The maximum atomic E-state index is 11.3. The molecule has 108 valence electrons. The highest BCUT2D eigenvalue weighted by atomic mass is 16.5. The molecule has 0 aromatic heterocycles. The Morgan fingerprint density at radius 3 is 3.05 bits per heavy atom. The second kappa shape index (κ2) is 5.09. The van der Waals surface area contributed by atoms with Crippen LogP contribution < -0.4 is 15.4 Å². The summed E-state index contributed by atoms with van der Waals surface area (Å²) in [6, 6.07) is 6.57. The quantitative estimate of drug-likeness (QED) is 0.891. The number of amides is 1. The van der Waals surface area contributed by atoms with Gasteiger partial charge in [0.15, 0.2) is 6.61 Å². The first-order valence-electron chi connectivity index (χ1n) is 7.33. The Bertz CT molecular complexity index is 525. The van der Waals surface area contributed by atoms with Gasteiger partial charge in [-0.2, -0.15) is 0 Å². The molecule has 1 aromatic carbocycles. The van der Waals surface area contributed by atoms with Crippen molar-refractivity contribution in [1.29, 1.82) is 0 Å². The number of hydrogen-bond donors (Lipinski definition) is 2. The van der Waals surface area contributed by atoms with Crippen molar-refractivity contribution in [3.8, 4) is 5.75 Å². The molecule has 1 aromatic rings. The molecular weight excluding hydrogens is 252 g/mol. The number of nitrogens with one attached hydrogen (secondary N) is 2. The van der Waals surface area contributed by atoms with Gasteiger partial charge in [-0.15, -0.1) is 0 Å². The van der Waals surface area contributed by atoms with E-state index in [1.54, 1.807) is 0 Å². The number of benzene rings is 1. The molecule has 1 atom stereocenters. The summed E-state index contributed by atoms with van der Waals surface area (Å²) in [5.41, 5.74) is 2.34. The zero-order valence-electron chi connectivity index (χ0n) is 12.2. The lowest BCUT2D eigenvalue weighted by molar-refractivity contribution is -0.118. The maximum absolute atomic E-state index is 11.3. The third-order valence-electron chi connectivity index (χ3n) is 4.49. The molecule has 1 aliphatic heterocycles. The van der Waals surface area contributed by atoms with Crippen molar-refractivity contribution in [2.45, 2.75) is 45.7 Å². The molecule has 3 rings (SSSR count). The summed E-state index contributed by atoms with van der Waals surface area (Å²) >= 11 is 0. The van der Waals surface area contributed by atoms with E-state index >= 15 is 0 Å². The molecule has 0 saturated heterocycles. The summed E-state index contributed by atoms with van der Waals surface area (Å²) < 4.78 is 5.37. The number of ether oxygens (including phenoxy) is 1. The fraction of sp³-hybridized carbons (Fsp3) is 0.562. The Kier molecular flexibility index (Phi) is 3.42. The lowest BCUT2D eigenvalue weighted by Crippen LogP contribution is -2.37. The Labute approximate surface area is 119 Å². The molecule has 1 unspecified atom stereocenters. The summed E-state index contributed by atoms with van der Waals surface area (Å²) in [6.07, 6.45) is 3.84. The highest BCUT2D eigenvalue weighted by Gasteiger charge is 2.33. The van der Waals surface area contributed by atoms with Crippen molar-refractivity contribution < 1.29 is 9.53 Å². The van der Waals surface area contributed by atoms with Crippen LogP contribution in [0, 0.1) is 5.41 Å². The first kappa shape index (κ1) is 13.4. The van der Waals surface area contributed by atoms with Gasteiger partial charge in [0, 0.05) is 12.6 Å². The normalized spacial score (nSPS) is 23.9. The van der Waals surface area contributed by atoms with Gasteiger partial charge in [-0.1, -0.05) is 26.3 Å². The maximum Gasteiger partial charge on any atom is 0.262 e. The van der Waals surface area contributed by atoms with Gasteiger partial charge in [0.2, 0.25) is 0 Å². The third-order valence-corrected chi connectivity index (χ3v) is 4.49. The van der Waals surface area contributed by atoms with Crippen LogP contribution in [0.15, 0.2) is 18.2 Å². The molecule has 1 saturated carbocycles. The number of fused-ring (bicyclic) bond motifs is 1. The predicted octanol–water partition coefficient (Wildman–Crippen LogP) is 2.69. The topological polar surface area (TPSA) is 50.4 Å². The minimum atomic E-state index is -0.0838. The van der Waals surface area contributed by atoms with E-state index in [0.29, 0.717) is 11.5 Å².